The van der Waals surface area contributed by atoms with Crippen LogP contribution in [0, 0.1) is 0 Å². The third-order valence-corrected chi connectivity index (χ3v) is 4.52. The summed E-state index contributed by atoms with van der Waals surface area (Å²) in [5.74, 6) is 0. The lowest BCUT2D eigenvalue weighted by atomic mass is 9.92. The molecule has 17 heavy (non-hydrogen) atoms. The number of fused-ring (bicyclic) bond motifs is 1. The number of hydrogen-bond acceptors (Lipinski definition) is 2. The van der Waals surface area contributed by atoms with Gasteiger partial charge in [0.25, 0.3) is 9.84 Å². The van der Waals surface area contributed by atoms with E-state index in [0.717, 1.165) is 24.5 Å². The first kappa shape index (κ1) is 12.4. The van der Waals surface area contributed by atoms with Gasteiger partial charge in [0.2, 0.25) is 0 Å². The highest BCUT2D eigenvalue weighted by atomic mass is 32.2. The van der Waals surface area contributed by atoms with Gasteiger partial charge in [-0.3, -0.25) is 0 Å². The zero-order chi connectivity index (χ0) is 12.7. The molecular formula is C11H11F3O2S. The molecule has 94 valence electrons. The molecular weight excluding hydrogens is 253 g/mol. The van der Waals surface area contributed by atoms with E-state index in [9.17, 15) is 21.6 Å². The van der Waals surface area contributed by atoms with E-state index in [4.69, 9.17) is 0 Å². The van der Waals surface area contributed by atoms with E-state index in [1.807, 2.05) is 0 Å². The van der Waals surface area contributed by atoms with Gasteiger partial charge in [-0.2, -0.15) is 13.2 Å². The van der Waals surface area contributed by atoms with Gasteiger partial charge < -0.3 is 0 Å². The molecule has 0 atom stereocenters. The highest BCUT2D eigenvalue weighted by molar-refractivity contribution is 7.92. The second kappa shape index (κ2) is 4.01. The molecule has 0 amide bonds. The maximum atomic E-state index is 12.5. The summed E-state index contributed by atoms with van der Waals surface area (Å²) >= 11 is 0. The lowest BCUT2D eigenvalue weighted by Crippen LogP contribution is -2.25. The number of halogens is 3. The Balaban J connectivity index is 2.61. The first-order valence-electron chi connectivity index (χ1n) is 5.26. The molecule has 1 aromatic rings. The van der Waals surface area contributed by atoms with Crippen molar-refractivity contribution in [1.29, 1.82) is 0 Å². The van der Waals surface area contributed by atoms with Crippen LogP contribution in [0.4, 0.5) is 13.2 Å². The molecule has 1 aliphatic rings. The van der Waals surface area contributed by atoms with Crippen molar-refractivity contribution in [3.8, 4) is 0 Å². The third kappa shape index (κ3) is 2.06. The van der Waals surface area contributed by atoms with Gasteiger partial charge in [0.1, 0.15) is 0 Å². The van der Waals surface area contributed by atoms with Crippen LogP contribution < -0.4 is 0 Å². The highest BCUT2D eigenvalue weighted by Crippen LogP contribution is 2.35. The number of benzene rings is 1. The van der Waals surface area contributed by atoms with Gasteiger partial charge in [0.15, 0.2) is 0 Å². The monoisotopic (exact) mass is 264 g/mol. The van der Waals surface area contributed by atoms with Crippen molar-refractivity contribution in [3.05, 3.63) is 29.3 Å². The third-order valence-electron chi connectivity index (χ3n) is 2.95. The average molecular weight is 264 g/mol. The standard InChI is InChI=1S/C11H11F3O2S/c12-11(13,14)17(15,16)10-7-3-5-8-4-1-2-6-9(8)10/h3,5,7H,1-2,4,6H2. The summed E-state index contributed by atoms with van der Waals surface area (Å²) in [6.45, 7) is 0. The Hall–Kier alpha value is -1.04. The van der Waals surface area contributed by atoms with Gasteiger partial charge >= 0.3 is 5.51 Å². The summed E-state index contributed by atoms with van der Waals surface area (Å²) in [5, 5.41) is 0. The minimum absolute atomic E-state index is 0.344. The highest BCUT2D eigenvalue weighted by Gasteiger charge is 2.48. The fourth-order valence-corrected chi connectivity index (χ4v) is 3.19. The molecule has 0 fully saturated rings. The molecule has 0 unspecified atom stereocenters. The Kier molecular flexibility index (Phi) is 2.93. The van der Waals surface area contributed by atoms with E-state index in [1.54, 1.807) is 6.07 Å². The molecule has 0 aromatic heterocycles. The van der Waals surface area contributed by atoms with Crippen molar-refractivity contribution in [2.45, 2.75) is 36.1 Å². The van der Waals surface area contributed by atoms with Crippen LogP contribution >= 0.6 is 0 Å². The summed E-state index contributed by atoms with van der Waals surface area (Å²) in [6.07, 6.45) is 2.68. The van der Waals surface area contributed by atoms with Crippen LogP contribution in [0.2, 0.25) is 0 Å². The van der Waals surface area contributed by atoms with Gasteiger partial charge in [-0.15, -0.1) is 0 Å². The van der Waals surface area contributed by atoms with Crippen molar-refractivity contribution < 1.29 is 21.6 Å². The molecule has 2 nitrogen and oxygen atoms in total. The van der Waals surface area contributed by atoms with E-state index >= 15 is 0 Å². The number of aryl methyl sites for hydroxylation is 1. The minimum Gasteiger partial charge on any atom is -0.214 e. The van der Waals surface area contributed by atoms with Crippen LogP contribution in [0.15, 0.2) is 23.1 Å². The number of hydrogen-bond donors (Lipinski definition) is 0. The largest absolute Gasteiger partial charge is 0.501 e. The number of alkyl halides is 3. The van der Waals surface area contributed by atoms with Gasteiger partial charge in [-0.1, -0.05) is 12.1 Å². The first-order valence-corrected chi connectivity index (χ1v) is 6.74. The maximum absolute atomic E-state index is 12.5. The van der Waals surface area contributed by atoms with E-state index in [-0.39, 0.29) is 0 Å². The van der Waals surface area contributed by atoms with Gasteiger partial charge in [-0.25, -0.2) is 8.42 Å². The smallest absolute Gasteiger partial charge is 0.214 e. The van der Waals surface area contributed by atoms with Gasteiger partial charge in [-0.05, 0) is 42.9 Å². The van der Waals surface area contributed by atoms with Crippen molar-refractivity contribution in [1.82, 2.24) is 0 Å². The molecule has 6 heteroatoms. The lowest BCUT2D eigenvalue weighted by Gasteiger charge is -2.19. The SMILES string of the molecule is O=S(=O)(c1cccc2c1CCCC2)C(F)(F)F. The molecule has 2 rings (SSSR count). The Bertz CT molecular complexity index is 532. The van der Waals surface area contributed by atoms with Crippen LogP contribution in [0.3, 0.4) is 0 Å². The predicted octanol–water partition coefficient (Wildman–Crippen LogP) is 2.86. The zero-order valence-electron chi connectivity index (χ0n) is 8.92. The molecule has 1 aliphatic carbocycles. The summed E-state index contributed by atoms with van der Waals surface area (Å²) in [5.41, 5.74) is -4.16. The van der Waals surface area contributed by atoms with Crippen LogP contribution in [0.1, 0.15) is 24.0 Å². The molecule has 0 spiro atoms. The van der Waals surface area contributed by atoms with Crippen LogP contribution in [0.25, 0.3) is 0 Å². The van der Waals surface area contributed by atoms with Crippen LogP contribution in [-0.4, -0.2) is 13.9 Å². The van der Waals surface area contributed by atoms with Gasteiger partial charge in [0.05, 0.1) is 4.90 Å². The molecule has 0 radical (unpaired) electrons. The Morgan fingerprint density at radius 1 is 1.06 bits per heavy atom. The second-order valence-electron chi connectivity index (χ2n) is 4.05. The molecule has 1 aromatic carbocycles. The molecule has 0 bridgehead atoms. The summed E-state index contributed by atoms with van der Waals surface area (Å²) < 4.78 is 60.3. The second-order valence-corrected chi connectivity index (χ2v) is 5.96. The molecule has 0 aliphatic heterocycles. The molecule has 0 heterocycles. The lowest BCUT2D eigenvalue weighted by molar-refractivity contribution is -0.0436. The number of sulfone groups is 1. The Morgan fingerprint density at radius 3 is 2.35 bits per heavy atom. The fourth-order valence-electron chi connectivity index (χ4n) is 2.12. The van der Waals surface area contributed by atoms with Crippen molar-refractivity contribution in [2.75, 3.05) is 0 Å². The summed E-state index contributed by atoms with van der Waals surface area (Å²) in [7, 11) is -5.22. The van der Waals surface area contributed by atoms with Crippen LogP contribution in [0.5, 0.6) is 0 Å². The zero-order valence-corrected chi connectivity index (χ0v) is 9.74. The molecule has 0 saturated carbocycles. The maximum Gasteiger partial charge on any atom is 0.501 e. The number of rotatable bonds is 1. The van der Waals surface area contributed by atoms with Crippen molar-refractivity contribution >= 4 is 9.84 Å². The van der Waals surface area contributed by atoms with E-state index in [1.165, 1.54) is 6.07 Å². The van der Waals surface area contributed by atoms with Crippen molar-refractivity contribution in [3.63, 3.8) is 0 Å². The molecule has 0 saturated heterocycles. The normalized spacial score (nSPS) is 16.6. The molecule has 0 N–H and O–H groups in total. The Morgan fingerprint density at radius 2 is 1.71 bits per heavy atom. The van der Waals surface area contributed by atoms with E-state index in [2.05, 4.69) is 0 Å². The van der Waals surface area contributed by atoms with Crippen LogP contribution in [-0.2, 0) is 22.7 Å². The summed E-state index contributed by atoms with van der Waals surface area (Å²) in [4.78, 5) is -0.567. The topological polar surface area (TPSA) is 34.1 Å². The van der Waals surface area contributed by atoms with E-state index < -0.39 is 20.2 Å². The first-order chi connectivity index (χ1) is 7.84. The summed E-state index contributed by atoms with van der Waals surface area (Å²) in [6, 6.07) is 4.12. The quantitative estimate of drug-likeness (QED) is 0.781. The van der Waals surface area contributed by atoms with Crippen molar-refractivity contribution in [2.24, 2.45) is 0 Å². The average Bonchev–Trinajstić information content (AvgIpc) is 2.26. The van der Waals surface area contributed by atoms with E-state index in [0.29, 0.717) is 18.4 Å². The van der Waals surface area contributed by atoms with Gasteiger partial charge in [0, 0.05) is 0 Å². The Labute approximate surface area is 97.4 Å². The fraction of sp³-hybridized carbons (Fsp3) is 0.455. The predicted molar refractivity (Wildman–Crippen MR) is 56.3 cm³/mol. The minimum atomic E-state index is -5.22.